The SMILES string of the molecule is CNC(Cc1ccc([N+](=O)[O-])cc1)c1ccc(Cl)cc1C. The average molecular weight is 305 g/mol. The third-order valence-corrected chi connectivity index (χ3v) is 3.78. The Balaban J connectivity index is 2.20. The van der Waals surface area contributed by atoms with Crippen LogP contribution in [0.4, 0.5) is 5.69 Å². The monoisotopic (exact) mass is 304 g/mol. The molecule has 0 radical (unpaired) electrons. The molecule has 1 unspecified atom stereocenters. The molecular formula is C16H17ClN2O2. The van der Waals surface area contributed by atoms with Crippen LogP contribution in [0.25, 0.3) is 0 Å². The molecule has 0 aliphatic rings. The molecule has 0 aliphatic carbocycles. The summed E-state index contributed by atoms with van der Waals surface area (Å²) >= 11 is 5.99. The van der Waals surface area contributed by atoms with E-state index in [4.69, 9.17) is 11.6 Å². The number of hydrogen-bond acceptors (Lipinski definition) is 3. The fourth-order valence-electron chi connectivity index (χ4n) is 2.39. The summed E-state index contributed by atoms with van der Waals surface area (Å²) in [5.74, 6) is 0. The Kier molecular flexibility index (Phi) is 4.94. The Hall–Kier alpha value is -1.91. The van der Waals surface area contributed by atoms with Gasteiger partial charge in [-0.25, -0.2) is 0 Å². The highest BCUT2D eigenvalue weighted by molar-refractivity contribution is 6.30. The molecule has 0 aliphatic heterocycles. The highest BCUT2D eigenvalue weighted by Crippen LogP contribution is 2.25. The largest absolute Gasteiger partial charge is 0.313 e. The molecule has 2 aromatic carbocycles. The van der Waals surface area contributed by atoms with E-state index >= 15 is 0 Å². The normalized spacial score (nSPS) is 12.1. The second-order valence-corrected chi connectivity index (χ2v) is 5.41. The van der Waals surface area contributed by atoms with Gasteiger partial charge in [-0.15, -0.1) is 0 Å². The molecule has 0 fully saturated rings. The van der Waals surface area contributed by atoms with Crippen molar-refractivity contribution in [2.45, 2.75) is 19.4 Å². The van der Waals surface area contributed by atoms with Gasteiger partial charge < -0.3 is 5.32 Å². The molecule has 0 amide bonds. The van der Waals surface area contributed by atoms with Gasteiger partial charge in [0.25, 0.3) is 5.69 Å². The Morgan fingerprint density at radius 1 is 1.24 bits per heavy atom. The van der Waals surface area contributed by atoms with E-state index in [0.29, 0.717) is 0 Å². The molecule has 0 heterocycles. The van der Waals surface area contributed by atoms with E-state index in [-0.39, 0.29) is 16.7 Å². The Bertz CT molecular complexity index is 641. The number of nitro benzene ring substituents is 1. The van der Waals surface area contributed by atoms with E-state index in [2.05, 4.69) is 5.32 Å². The molecule has 1 N–H and O–H groups in total. The summed E-state index contributed by atoms with van der Waals surface area (Å²) in [6.07, 6.45) is 0.761. The van der Waals surface area contributed by atoms with Gasteiger partial charge in [-0.05, 0) is 49.2 Å². The van der Waals surface area contributed by atoms with Crippen molar-refractivity contribution >= 4 is 17.3 Å². The number of rotatable bonds is 5. The van der Waals surface area contributed by atoms with Gasteiger partial charge in [-0.2, -0.15) is 0 Å². The first kappa shape index (κ1) is 15.5. The van der Waals surface area contributed by atoms with E-state index in [9.17, 15) is 10.1 Å². The summed E-state index contributed by atoms with van der Waals surface area (Å²) in [6.45, 7) is 2.03. The lowest BCUT2D eigenvalue weighted by Crippen LogP contribution is -2.19. The van der Waals surface area contributed by atoms with Crippen molar-refractivity contribution in [2.24, 2.45) is 0 Å². The maximum absolute atomic E-state index is 10.7. The number of nitrogens with one attached hydrogen (secondary N) is 1. The van der Waals surface area contributed by atoms with Gasteiger partial charge in [0.2, 0.25) is 0 Å². The van der Waals surface area contributed by atoms with E-state index in [0.717, 1.165) is 22.6 Å². The van der Waals surface area contributed by atoms with Crippen molar-refractivity contribution in [3.8, 4) is 0 Å². The van der Waals surface area contributed by atoms with Gasteiger partial charge in [0, 0.05) is 23.2 Å². The van der Waals surface area contributed by atoms with Crippen molar-refractivity contribution < 1.29 is 4.92 Å². The molecule has 0 saturated carbocycles. The number of nitro groups is 1. The van der Waals surface area contributed by atoms with Crippen molar-refractivity contribution in [3.63, 3.8) is 0 Å². The summed E-state index contributed by atoms with van der Waals surface area (Å²) in [4.78, 5) is 10.3. The fraction of sp³-hybridized carbons (Fsp3) is 0.250. The number of aryl methyl sites for hydroxylation is 1. The third kappa shape index (κ3) is 3.80. The molecule has 5 heteroatoms. The first-order valence-electron chi connectivity index (χ1n) is 6.68. The molecule has 0 saturated heterocycles. The van der Waals surface area contributed by atoms with Gasteiger partial charge in [0.05, 0.1) is 4.92 Å². The van der Waals surface area contributed by atoms with Crippen LogP contribution in [0.15, 0.2) is 42.5 Å². The minimum atomic E-state index is -0.386. The van der Waals surface area contributed by atoms with Gasteiger partial charge in [0.15, 0.2) is 0 Å². The van der Waals surface area contributed by atoms with E-state index in [1.54, 1.807) is 12.1 Å². The fourth-order valence-corrected chi connectivity index (χ4v) is 2.61. The first-order valence-corrected chi connectivity index (χ1v) is 7.05. The third-order valence-electron chi connectivity index (χ3n) is 3.54. The maximum Gasteiger partial charge on any atom is 0.269 e. The lowest BCUT2D eigenvalue weighted by Gasteiger charge is -2.19. The zero-order valence-electron chi connectivity index (χ0n) is 12.0. The summed E-state index contributed by atoms with van der Waals surface area (Å²) in [6, 6.07) is 12.7. The predicted octanol–water partition coefficient (Wildman–Crippen LogP) is 4.06. The molecular weight excluding hydrogens is 288 g/mol. The second-order valence-electron chi connectivity index (χ2n) is 4.97. The van der Waals surface area contributed by atoms with Crippen molar-refractivity contribution in [1.82, 2.24) is 5.32 Å². The molecule has 1 atom stereocenters. The zero-order chi connectivity index (χ0) is 15.4. The summed E-state index contributed by atoms with van der Waals surface area (Å²) < 4.78 is 0. The van der Waals surface area contributed by atoms with Crippen molar-refractivity contribution in [3.05, 3.63) is 74.3 Å². The summed E-state index contributed by atoms with van der Waals surface area (Å²) in [5.41, 5.74) is 3.47. The number of halogens is 1. The van der Waals surface area contributed by atoms with Crippen LogP contribution >= 0.6 is 11.6 Å². The smallest absolute Gasteiger partial charge is 0.269 e. The Morgan fingerprint density at radius 3 is 2.43 bits per heavy atom. The molecule has 110 valence electrons. The lowest BCUT2D eigenvalue weighted by atomic mass is 9.95. The van der Waals surface area contributed by atoms with Crippen molar-refractivity contribution in [1.29, 1.82) is 0 Å². The average Bonchev–Trinajstić information content (AvgIpc) is 2.46. The number of benzene rings is 2. The topological polar surface area (TPSA) is 55.2 Å². The van der Waals surface area contributed by atoms with Crippen LogP contribution in [-0.4, -0.2) is 12.0 Å². The zero-order valence-corrected chi connectivity index (χ0v) is 12.7. The van der Waals surface area contributed by atoms with Crippen molar-refractivity contribution in [2.75, 3.05) is 7.05 Å². The highest BCUT2D eigenvalue weighted by Gasteiger charge is 2.13. The second kappa shape index (κ2) is 6.70. The van der Waals surface area contributed by atoms with Gasteiger partial charge >= 0.3 is 0 Å². The van der Waals surface area contributed by atoms with Crippen LogP contribution in [-0.2, 0) is 6.42 Å². The molecule has 2 aromatic rings. The predicted molar refractivity (Wildman–Crippen MR) is 84.8 cm³/mol. The highest BCUT2D eigenvalue weighted by atomic mass is 35.5. The summed E-state index contributed by atoms with van der Waals surface area (Å²) in [5, 5.41) is 14.7. The van der Waals surface area contributed by atoms with Gasteiger partial charge in [-0.3, -0.25) is 10.1 Å². The van der Waals surface area contributed by atoms with Crippen LogP contribution < -0.4 is 5.32 Å². The molecule has 21 heavy (non-hydrogen) atoms. The number of hydrogen-bond donors (Lipinski definition) is 1. The van der Waals surface area contributed by atoms with Crippen LogP contribution in [0, 0.1) is 17.0 Å². The molecule has 2 rings (SSSR count). The minimum Gasteiger partial charge on any atom is -0.313 e. The Labute approximate surface area is 128 Å². The van der Waals surface area contributed by atoms with Crippen LogP contribution in [0.3, 0.4) is 0 Å². The molecule has 0 bridgehead atoms. The summed E-state index contributed by atoms with van der Waals surface area (Å²) in [7, 11) is 1.91. The maximum atomic E-state index is 10.7. The van der Waals surface area contributed by atoms with E-state index in [1.807, 2.05) is 32.2 Å². The Morgan fingerprint density at radius 2 is 1.90 bits per heavy atom. The lowest BCUT2D eigenvalue weighted by molar-refractivity contribution is -0.384. The van der Waals surface area contributed by atoms with Crippen LogP contribution in [0.1, 0.15) is 22.7 Å². The number of likely N-dealkylation sites (N-methyl/N-ethyl adjacent to an activating group) is 1. The van der Waals surface area contributed by atoms with E-state index < -0.39 is 0 Å². The molecule has 4 nitrogen and oxygen atoms in total. The van der Waals surface area contributed by atoms with Crippen LogP contribution in [0.5, 0.6) is 0 Å². The van der Waals surface area contributed by atoms with Crippen LogP contribution in [0.2, 0.25) is 5.02 Å². The standard InChI is InChI=1S/C16H17ClN2O2/c1-11-9-13(17)5-8-15(11)16(18-2)10-12-3-6-14(7-4-12)19(20)21/h3-9,16,18H,10H2,1-2H3. The first-order chi connectivity index (χ1) is 10.0. The quantitative estimate of drug-likeness (QED) is 0.669. The van der Waals surface area contributed by atoms with Gasteiger partial charge in [-0.1, -0.05) is 29.8 Å². The molecule has 0 spiro atoms. The molecule has 0 aromatic heterocycles. The number of non-ortho nitro benzene ring substituents is 1. The number of nitrogens with zero attached hydrogens (tertiary/aromatic N) is 1. The van der Waals surface area contributed by atoms with E-state index in [1.165, 1.54) is 17.7 Å². The minimum absolute atomic E-state index is 0.113. The van der Waals surface area contributed by atoms with Gasteiger partial charge in [0.1, 0.15) is 0 Å².